The van der Waals surface area contributed by atoms with Crippen LogP contribution in [-0.2, 0) is 9.84 Å². The first-order chi connectivity index (χ1) is 13.4. The van der Waals surface area contributed by atoms with Crippen LogP contribution in [0.1, 0.15) is 56.6 Å². The van der Waals surface area contributed by atoms with Crippen molar-refractivity contribution in [3.05, 3.63) is 59.7 Å². The molecule has 0 aliphatic carbocycles. The molecule has 1 aliphatic rings. The highest BCUT2D eigenvalue weighted by Crippen LogP contribution is 2.49. The maximum absolute atomic E-state index is 13.4. The van der Waals surface area contributed by atoms with Crippen LogP contribution in [0.2, 0.25) is 0 Å². The Labute approximate surface area is 167 Å². The number of hydrogen-bond acceptors (Lipinski definition) is 5. The van der Waals surface area contributed by atoms with Gasteiger partial charge in [-0.25, -0.2) is 8.42 Å². The molecular weight excluding hydrogens is 374 g/mol. The Morgan fingerprint density at radius 2 is 1.86 bits per heavy atom. The second-order valence-electron chi connectivity index (χ2n) is 7.78. The number of aliphatic hydroxyl groups excluding tert-OH is 1. The standard InChI is InChI=1S/C22H29NO4S/c1-3-5-13-22(4-2)15-28(26,27)19-12-11-17(23-25)14-18(19)20(21(22)24)16-9-7-6-8-10-16/h6-12,14,20-21,23-25H,3-5,13,15H2,1-2H3. The van der Waals surface area contributed by atoms with Crippen molar-refractivity contribution >= 4 is 15.5 Å². The molecule has 0 bridgehead atoms. The monoisotopic (exact) mass is 403 g/mol. The average molecular weight is 404 g/mol. The summed E-state index contributed by atoms with van der Waals surface area (Å²) in [5.41, 5.74) is 3.19. The number of benzene rings is 2. The minimum absolute atomic E-state index is 0.0695. The molecule has 0 spiro atoms. The Balaban J connectivity index is 2.29. The number of nitrogens with one attached hydrogen (secondary N) is 1. The molecule has 6 heteroatoms. The van der Waals surface area contributed by atoms with Gasteiger partial charge in [0.05, 0.1) is 22.4 Å². The van der Waals surface area contributed by atoms with E-state index in [9.17, 15) is 18.7 Å². The van der Waals surface area contributed by atoms with Crippen molar-refractivity contribution in [2.45, 2.75) is 56.4 Å². The normalized spacial score (nSPS) is 26.3. The van der Waals surface area contributed by atoms with Gasteiger partial charge < -0.3 is 5.11 Å². The SMILES string of the molecule is CCCCC1(CC)CS(=O)(=O)c2ccc(NO)cc2C(c2ccccc2)C1O. The predicted molar refractivity (Wildman–Crippen MR) is 110 cm³/mol. The molecule has 0 saturated heterocycles. The predicted octanol–water partition coefficient (Wildman–Crippen LogP) is 4.35. The smallest absolute Gasteiger partial charge is 0.179 e. The number of rotatable bonds is 6. The first kappa shape index (κ1) is 20.8. The second-order valence-corrected chi connectivity index (χ2v) is 9.73. The molecule has 3 N–H and O–H groups in total. The first-order valence-electron chi connectivity index (χ1n) is 9.88. The highest BCUT2D eigenvalue weighted by Gasteiger charge is 2.48. The van der Waals surface area contributed by atoms with E-state index in [0.29, 0.717) is 24.1 Å². The van der Waals surface area contributed by atoms with Crippen LogP contribution >= 0.6 is 0 Å². The largest absolute Gasteiger partial charge is 0.392 e. The molecule has 3 unspecified atom stereocenters. The van der Waals surface area contributed by atoms with Crippen molar-refractivity contribution < 1.29 is 18.7 Å². The van der Waals surface area contributed by atoms with Crippen LogP contribution in [0.25, 0.3) is 0 Å². The third-order valence-electron chi connectivity index (χ3n) is 6.12. The Kier molecular flexibility index (Phi) is 6.12. The molecule has 2 aromatic carbocycles. The van der Waals surface area contributed by atoms with E-state index in [0.717, 1.165) is 18.4 Å². The van der Waals surface area contributed by atoms with Gasteiger partial charge in [-0.15, -0.1) is 0 Å². The van der Waals surface area contributed by atoms with E-state index in [1.165, 1.54) is 6.07 Å². The summed E-state index contributed by atoms with van der Waals surface area (Å²) >= 11 is 0. The highest BCUT2D eigenvalue weighted by atomic mass is 32.2. The third-order valence-corrected chi connectivity index (χ3v) is 8.12. The summed E-state index contributed by atoms with van der Waals surface area (Å²) in [7, 11) is -3.60. The molecule has 2 aromatic rings. The van der Waals surface area contributed by atoms with Crippen LogP contribution in [0.15, 0.2) is 53.4 Å². The molecule has 152 valence electrons. The second kappa shape index (κ2) is 8.23. The van der Waals surface area contributed by atoms with Crippen LogP contribution in [0, 0.1) is 5.41 Å². The zero-order valence-electron chi connectivity index (χ0n) is 16.4. The molecule has 3 atom stereocenters. The first-order valence-corrected chi connectivity index (χ1v) is 11.5. The van der Waals surface area contributed by atoms with E-state index < -0.39 is 27.3 Å². The van der Waals surface area contributed by atoms with Gasteiger partial charge in [-0.3, -0.25) is 10.7 Å². The molecular formula is C22H29NO4S. The van der Waals surface area contributed by atoms with Crippen LogP contribution in [0.5, 0.6) is 0 Å². The lowest BCUT2D eigenvalue weighted by Crippen LogP contribution is -2.42. The fraction of sp³-hybridized carbons (Fsp3) is 0.455. The van der Waals surface area contributed by atoms with Crippen LogP contribution < -0.4 is 5.48 Å². The van der Waals surface area contributed by atoms with Gasteiger partial charge >= 0.3 is 0 Å². The van der Waals surface area contributed by atoms with Crippen molar-refractivity contribution in [1.82, 2.24) is 0 Å². The lowest BCUT2D eigenvalue weighted by molar-refractivity contribution is 0.0174. The Morgan fingerprint density at radius 1 is 1.14 bits per heavy atom. The third kappa shape index (κ3) is 3.69. The number of aliphatic hydroxyl groups is 1. The summed E-state index contributed by atoms with van der Waals surface area (Å²) in [5, 5.41) is 21.0. The number of fused-ring (bicyclic) bond motifs is 1. The zero-order valence-corrected chi connectivity index (χ0v) is 17.2. The molecule has 5 nitrogen and oxygen atoms in total. The summed E-state index contributed by atoms with van der Waals surface area (Å²) in [6, 6.07) is 14.3. The van der Waals surface area contributed by atoms with Gasteiger partial charge in [0.15, 0.2) is 9.84 Å². The number of sulfone groups is 1. The van der Waals surface area contributed by atoms with Crippen molar-refractivity contribution in [3.8, 4) is 0 Å². The summed E-state index contributed by atoms with van der Waals surface area (Å²) in [6.45, 7) is 4.04. The molecule has 0 radical (unpaired) electrons. The van der Waals surface area contributed by atoms with Gasteiger partial charge in [0.2, 0.25) is 0 Å². The fourth-order valence-electron chi connectivity index (χ4n) is 4.47. The minimum Gasteiger partial charge on any atom is -0.392 e. The molecule has 3 rings (SSSR count). The minimum atomic E-state index is -3.60. The van der Waals surface area contributed by atoms with E-state index in [1.54, 1.807) is 12.1 Å². The lowest BCUT2D eigenvalue weighted by Gasteiger charge is -2.39. The lowest BCUT2D eigenvalue weighted by atomic mass is 9.69. The van der Waals surface area contributed by atoms with Crippen molar-refractivity contribution in [1.29, 1.82) is 0 Å². The van der Waals surface area contributed by atoms with Gasteiger partial charge in [0.25, 0.3) is 0 Å². The van der Waals surface area contributed by atoms with E-state index in [4.69, 9.17) is 0 Å². The van der Waals surface area contributed by atoms with Gasteiger partial charge in [-0.2, -0.15) is 0 Å². The maximum Gasteiger partial charge on any atom is 0.179 e. The van der Waals surface area contributed by atoms with Crippen LogP contribution in [-0.4, -0.2) is 30.6 Å². The van der Waals surface area contributed by atoms with Gasteiger partial charge in [0, 0.05) is 11.3 Å². The molecule has 0 fully saturated rings. The quantitative estimate of drug-likeness (QED) is 0.624. The van der Waals surface area contributed by atoms with E-state index in [1.807, 2.05) is 37.3 Å². The zero-order chi connectivity index (χ0) is 20.4. The highest BCUT2D eigenvalue weighted by molar-refractivity contribution is 7.91. The average Bonchev–Trinajstić information content (AvgIpc) is 2.78. The Hall–Kier alpha value is -1.89. The van der Waals surface area contributed by atoms with Gasteiger partial charge in [-0.1, -0.05) is 57.0 Å². The number of unbranched alkanes of at least 4 members (excludes halogenated alkanes) is 1. The van der Waals surface area contributed by atoms with Crippen LogP contribution in [0.3, 0.4) is 0 Å². The molecule has 0 amide bonds. The topological polar surface area (TPSA) is 86.6 Å². The summed E-state index contributed by atoms with van der Waals surface area (Å²) in [4.78, 5) is 0.242. The summed E-state index contributed by atoms with van der Waals surface area (Å²) in [6.07, 6.45) is 2.19. The van der Waals surface area contributed by atoms with Gasteiger partial charge in [-0.05, 0) is 42.2 Å². The van der Waals surface area contributed by atoms with Crippen molar-refractivity contribution in [2.24, 2.45) is 5.41 Å². The van der Waals surface area contributed by atoms with E-state index >= 15 is 0 Å². The van der Waals surface area contributed by atoms with Gasteiger partial charge in [0.1, 0.15) is 0 Å². The Morgan fingerprint density at radius 3 is 2.46 bits per heavy atom. The molecule has 1 heterocycles. The molecule has 0 aromatic heterocycles. The van der Waals surface area contributed by atoms with Crippen molar-refractivity contribution in [2.75, 3.05) is 11.2 Å². The maximum atomic E-state index is 13.4. The molecule has 28 heavy (non-hydrogen) atoms. The number of hydrogen-bond donors (Lipinski definition) is 3. The fourth-order valence-corrected chi connectivity index (χ4v) is 6.72. The summed E-state index contributed by atoms with van der Waals surface area (Å²) in [5.74, 6) is -0.557. The summed E-state index contributed by atoms with van der Waals surface area (Å²) < 4.78 is 26.7. The molecule has 1 aliphatic heterocycles. The van der Waals surface area contributed by atoms with E-state index in [2.05, 4.69) is 12.4 Å². The Bertz CT molecular complexity index is 913. The van der Waals surface area contributed by atoms with Crippen LogP contribution in [0.4, 0.5) is 5.69 Å². The number of anilines is 1. The van der Waals surface area contributed by atoms with Crippen molar-refractivity contribution in [3.63, 3.8) is 0 Å². The van der Waals surface area contributed by atoms with E-state index in [-0.39, 0.29) is 10.6 Å². The molecule has 0 saturated carbocycles.